The lowest BCUT2D eigenvalue weighted by Crippen LogP contribution is -2.32. The van der Waals surface area contributed by atoms with Crippen LogP contribution >= 0.6 is 0 Å². The van der Waals surface area contributed by atoms with Crippen LogP contribution in [0.3, 0.4) is 0 Å². The number of aromatic nitrogens is 3. The van der Waals surface area contributed by atoms with Crippen LogP contribution in [0.25, 0.3) is 0 Å². The van der Waals surface area contributed by atoms with Gasteiger partial charge in [-0.3, -0.25) is 10.1 Å². The highest BCUT2D eigenvalue weighted by Gasteiger charge is 2.24. The van der Waals surface area contributed by atoms with Crippen LogP contribution in [-0.2, 0) is 23.0 Å². The summed E-state index contributed by atoms with van der Waals surface area (Å²) in [6.45, 7) is 0.524. The quantitative estimate of drug-likeness (QED) is 0.600. The van der Waals surface area contributed by atoms with Gasteiger partial charge in [-0.2, -0.15) is 5.10 Å². The molecule has 0 amide bonds. The van der Waals surface area contributed by atoms with Gasteiger partial charge in [0, 0.05) is 24.6 Å². The van der Waals surface area contributed by atoms with E-state index in [9.17, 15) is 18.5 Å². The number of nitrogens with zero attached hydrogens (tertiary/aromatic N) is 4. The highest BCUT2D eigenvalue weighted by atomic mass is 32.2. The van der Waals surface area contributed by atoms with Crippen molar-refractivity contribution < 1.29 is 13.3 Å². The third kappa shape index (κ3) is 3.14. The molecule has 0 saturated heterocycles. The summed E-state index contributed by atoms with van der Waals surface area (Å²) in [5.41, 5.74) is -0.0894. The van der Waals surface area contributed by atoms with Crippen molar-refractivity contribution in [2.45, 2.75) is 30.3 Å². The fourth-order valence-corrected chi connectivity index (χ4v) is 3.27. The molecule has 11 heteroatoms. The molecule has 0 aliphatic carbocycles. The molecular weight excluding hydrogens is 324 g/mol. The van der Waals surface area contributed by atoms with Crippen molar-refractivity contribution in [2.75, 3.05) is 5.32 Å². The number of non-ortho nitro benzene ring substituents is 1. The van der Waals surface area contributed by atoms with E-state index in [1.807, 2.05) is 0 Å². The van der Waals surface area contributed by atoms with Crippen LogP contribution in [0.2, 0.25) is 0 Å². The van der Waals surface area contributed by atoms with Crippen LogP contribution in [0.15, 0.2) is 29.4 Å². The number of nitrogens with one attached hydrogen (secondary N) is 1. The maximum absolute atomic E-state index is 11.7. The second-order valence-corrected chi connectivity index (χ2v) is 6.75. The molecule has 2 heterocycles. The maximum Gasteiger partial charge on any atom is 0.270 e. The molecule has 2 aromatic rings. The molecule has 1 aliphatic rings. The van der Waals surface area contributed by atoms with E-state index < -0.39 is 14.9 Å². The Balaban J connectivity index is 1.90. The Bertz CT molecular complexity index is 862. The van der Waals surface area contributed by atoms with Gasteiger partial charge in [-0.25, -0.2) is 23.2 Å². The molecule has 0 fully saturated rings. The number of nitro benzene ring substituents is 1. The minimum absolute atomic E-state index is 0.0776. The van der Waals surface area contributed by atoms with Crippen molar-refractivity contribution in [1.29, 1.82) is 0 Å². The summed E-state index contributed by atoms with van der Waals surface area (Å²) in [5, 5.41) is 23.2. The molecule has 10 nitrogen and oxygen atoms in total. The SMILES string of the molecule is NS(=O)(=O)c1cc([N+](=O)[O-])ccc1NC1CCc2ncnn2C1. The number of nitrogens with two attached hydrogens (primary N) is 1. The molecule has 0 spiro atoms. The van der Waals surface area contributed by atoms with E-state index in [-0.39, 0.29) is 22.3 Å². The lowest BCUT2D eigenvalue weighted by atomic mass is 10.1. The molecule has 23 heavy (non-hydrogen) atoms. The summed E-state index contributed by atoms with van der Waals surface area (Å²) in [5.74, 6) is 0.874. The van der Waals surface area contributed by atoms with Gasteiger partial charge in [-0.1, -0.05) is 0 Å². The van der Waals surface area contributed by atoms with E-state index in [0.29, 0.717) is 13.0 Å². The third-order valence-corrected chi connectivity index (χ3v) is 4.60. The Kier molecular flexibility index (Phi) is 3.74. The first-order valence-corrected chi connectivity index (χ1v) is 8.33. The van der Waals surface area contributed by atoms with Gasteiger partial charge in [-0.15, -0.1) is 0 Å². The zero-order valence-electron chi connectivity index (χ0n) is 11.9. The van der Waals surface area contributed by atoms with Crippen LogP contribution < -0.4 is 10.5 Å². The van der Waals surface area contributed by atoms with E-state index in [1.54, 1.807) is 4.68 Å². The molecule has 1 atom stereocenters. The van der Waals surface area contributed by atoms with Gasteiger partial charge >= 0.3 is 0 Å². The molecule has 0 radical (unpaired) electrons. The number of primary sulfonamides is 1. The molecule has 0 saturated carbocycles. The van der Waals surface area contributed by atoms with Crippen LogP contribution in [0.5, 0.6) is 0 Å². The Morgan fingerprint density at radius 2 is 2.22 bits per heavy atom. The summed E-state index contributed by atoms with van der Waals surface area (Å²) in [7, 11) is -4.09. The number of fused-ring (bicyclic) bond motifs is 1. The Labute approximate surface area is 131 Å². The lowest BCUT2D eigenvalue weighted by molar-refractivity contribution is -0.385. The Morgan fingerprint density at radius 3 is 2.91 bits per heavy atom. The Hall–Kier alpha value is -2.53. The molecule has 3 N–H and O–H groups in total. The van der Waals surface area contributed by atoms with Gasteiger partial charge in [0.05, 0.1) is 17.2 Å². The normalized spacial score (nSPS) is 17.5. The highest BCUT2D eigenvalue weighted by Crippen LogP contribution is 2.27. The van der Waals surface area contributed by atoms with Gasteiger partial charge in [0.1, 0.15) is 17.0 Å². The van der Waals surface area contributed by atoms with Crippen molar-refractivity contribution in [3.8, 4) is 0 Å². The van der Waals surface area contributed by atoms with E-state index in [4.69, 9.17) is 5.14 Å². The standard InChI is InChI=1S/C12H14N6O4S/c13-23(21,22)11-5-9(18(19)20)2-3-10(11)16-8-1-4-12-14-7-15-17(12)6-8/h2-3,5,7-8,16H,1,4,6H2,(H2,13,21,22). The van der Waals surface area contributed by atoms with Gasteiger partial charge in [-0.05, 0) is 12.5 Å². The topological polar surface area (TPSA) is 146 Å². The minimum atomic E-state index is -4.09. The molecule has 0 bridgehead atoms. The van der Waals surface area contributed by atoms with Crippen LogP contribution in [0.4, 0.5) is 11.4 Å². The fraction of sp³-hybridized carbons (Fsp3) is 0.333. The van der Waals surface area contributed by atoms with Crippen molar-refractivity contribution >= 4 is 21.4 Å². The van der Waals surface area contributed by atoms with E-state index in [2.05, 4.69) is 15.4 Å². The van der Waals surface area contributed by atoms with E-state index in [0.717, 1.165) is 18.3 Å². The largest absolute Gasteiger partial charge is 0.379 e. The van der Waals surface area contributed by atoms with Crippen molar-refractivity contribution in [2.24, 2.45) is 5.14 Å². The van der Waals surface area contributed by atoms with Crippen LogP contribution in [0, 0.1) is 10.1 Å². The number of hydrogen-bond donors (Lipinski definition) is 2. The smallest absolute Gasteiger partial charge is 0.270 e. The van der Waals surface area contributed by atoms with Gasteiger partial charge in [0.15, 0.2) is 0 Å². The summed E-state index contributed by atoms with van der Waals surface area (Å²) in [4.78, 5) is 14.0. The monoisotopic (exact) mass is 338 g/mol. The summed E-state index contributed by atoms with van der Waals surface area (Å²) >= 11 is 0. The number of aryl methyl sites for hydroxylation is 1. The van der Waals surface area contributed by atoms with Crippen molar-refractivity contribution in [3.63, 3.8) is 0 Å². The number of nitro groups is 1. The number of sulfonamides is 1. The van der Waals surface area contributed by atoms with Gasteiger partial charge in [0.2, 0.25) is 10.0 Å². The predicted octanol–water partition coefficient (Wildman–Crippen LogP) is 0.261. The van der Waals surface area contributed by atoms with E-state index in [1.165, 1.54) is 18.5 Å². The zero-order chi connectivity index (χ0) is 16.6. The predicted molar refractivity (Wildman–Crippen MR) is 80.2 cm³/mol. The summed E-state index contributed by atoms with van der Waals surface area (Å²) < 4.78 is 25.2. The van der Waals surface area contributed by atoms with Crippen molar-refractivity contribution in [3.05, 3.63) is 40.5 Å². The van der Waals surface area contributed by atoms with Crippen molar-refractivity contribution in [1.82, 2.24) is 14.8 Å². The van der Waals surface area contributed by atoms with Crippen LogP contribution in [-0.4, -0.2) is 34.1 Å². The highest BCUT2D eigenvalue weighted by molar-refractivity contribution is 7.89. The number of hydrogen-bond acceptors (Lipinski definition) is 7. The number of benzene rings is 1. The molecule has 1 aliphatic heterocycles. The number of anilines is 1. The first-order chi connectivity index (χ1) is 10.8. The molecule has 1 aromatic heterocycles. The molecular formula is C12H14N6O4S. The molecule has 1 aromatic carbocycles. The molecule has 3 rings (SSSR count). The molecule has 1 unspecified atom stereocenters. The molecule has 122 valence electrons. The maximum atomic E-state index is 11.7. The van der Waals surface area contributed by atoms with Gasteiger partial charge < -0.3 is 5.32 Å². The first kappa shape index (κ1) is 15.4. The second-order valence-electron chi connectivity index (χ2n) is 5.22. The summed E-state index contributed by atoms with van der Waals surface area (Å²) in [6, 6.07) is 3.47. The number of rotatable bonds is 4. The average molecular weight is 338 g/mol. The minimum Gasteiger partial charge on any atom is -0.379 e. The Morgan fingerprint density at radius 1 is 1.43 bits per heavy atom. The lowest BCUT2D eigenvalue weighted by Gasteiger charge is -2.25. The fourth-order valence-electron chi connectivity index (χ4n) is 2.55. The van der Waals surface area contributed by atoms with Crippen LogP contribution in [0.1, 0.15) is 12.2 Å². The zero-order valence-corrected chi connectivity index (χ0v) is 12.7. The first-order valence-electron chi connectivity index (χ1n) is 6.79. The summed E-state index contributed by atoms with van der Waals surface area (Å²) in [6.07, 6.45) is 2.91. The van der Waals surface area contributed by atoms with Gasteiger partial charge in [0.25, 0.3) is 5.69 Å². The second kappa shape index (κ2) is 5.59. The van der Waals surface area contributed by atoms with E-state index >= 15 is 0 Å². The third-order valence-electron chi connectivity index (χ3n) is 3.65. The average Bonchev–Trinajstić information content (AvgIpc) is 2.93.